The van der Waals surface area contributed by atoms with E-state index in [-0.39, 0.29) is 18.7 Å². The number of hydrogen-bond donors (Lipinski definition) is 3. The lowest BCUT2D eigenvalue weighted by atomic mass is 10.1. The maximum atomic E-state index is 11.9. The first-order valence-corrected chi connectivity index (χ1v) is 6.12. The largest absolute Gasteiger partial charge is 0.480 e. The summed E-state index contributed by atoms with van der Waals surface area (Å²) in [6, 6.07) is 6.56. The van der Waals surface area contributed by atoms with Crippen LogP contribution in [-0.2, 0) is 16.0 Å². The van der Waals surface area contributed by atoms with Crippen LogP contribution in [0.4, 0.5) is 0 Å². The molecule has 0 saturated carbocycles. The van der Waals surface area contributed by atoms with Gasteiger partial charge in [-0.25, -0.2) is 4.79 Å². The number of terminal acetylenes is 1. The summed E-state index contributed by atoms with van der Waals surface area (Å²) in [7, 11) is 0. The van der Waals surface area contributed by atoms with Crippen LogP contribution in [0.25, 0.3) is 10.9 Å². The van der Waals surface area contributed by atoms with Crippen molar-refractivity contribution in [2.75, 3.05) is 0 Å². The van der Waals surface area contributed by atoms with Gasteiger partial charge in [0.2, 0.25) is 5.91 Å². The number of fused-ring (bicyclic) bond motifs is 1. The van der Waals surface area contributed by atoms with Crippen LogP contribution in [0.3, 0.4) is 0 Å². The summed E-state index contributed by atoms with van der Waals surface area (Å²) in [4.78, 5) is 25.9. The number of carbonyl (C=O) groups excluding carboxylic acids is 1. The van der Waals surface area contributed by atoms with Crippen molar-refractivity contribution in [1.82, 2.24) is 10.3 Å². The summed E-state index contributed by atoms with van der Waals surface area (Å²) < 4.78 is 0. The molecule has 2 rings (SSSR count). The van der Waals surface area contributed by atoms with Crippen LogP contribution in [0, 0.1) is 12.3 Å². The molecule has 0 bridgehead atoms. The second-order valence-electron chi connectivity index (χ2n) is 4.40. The maximum Gasteiger partial charge on any atom is 0.327 e. The summed E-state index contributed by atoms with van der Waals surface area (Å²) in [5.74, 6) is 0.748. The van der Waals surface area contributed by atoms with E-state index >= 15 is 0 Å². The molecule has 1 aromatic heterocycles. The Bertz CT molecular complexity index is 682. The third kappa shape index (κ3) is 2.98. The van der Waals surface area contributed by atoms with Crippen molar-refractivity contribution in [2.24, 2.45) is 0 Å². The van der Waals surface area contributed by atoms with Crippen molar-refractivity contribution >= 4 is 22.8 Å². The lowest BCUT2D eigenvalue weighted by molar-refractivity contribution is -0.141. The monoisotopic (exact) mass is 270 g/mol. The quantitative estimate of drug-likeness (QED) is 0.716. The van der Waals surface area contributed by atoms with E-state index in [9.17, 15) is 9.59 Å². The van der Waals surface area contributed by atoms with Crippen molar-refractivity contribution in [3.05, 3.63) is 36.0 Å². The molecule has 0 aliphatic carbocycles. The van der Waals surface area contributed by atoms with Crippen molar-refractivity contribution in [2.45, 2.75) is 18.9 Å². The highest BCUT2D eigenvalue weighted by molar-refractivity contribution is 5.90. The molecule has 5 nitrogen and oxygen atoms in total. The molecule has 0 saturated heterocycles. The topological polar surface area (TPSA) is 82.2 Å². The van der Waals surface area contributed by atoms with Crippen LogP contribution in [0.2, 0.25) is 0 Å². The fourth-order valence-electron chi connectivity index (χ4n) is 2.01. The first-order valence-electron chi connectivity index (χ1n) is 6.12. The van der Waals surface area contributed by atoms with Crippen LogP contribution >= 0.6 is 0 Å². The number of carboxylic acid groups (broad SMARTS) is 1. The van der Waals surface area contributed by atoms with Gasteiger partial charge in [0.15, 0.2) is 0 Å². The minimum atomic E-state index is -1.13. The van der Waals surface area contributed by atoms with Crippen molar-refractivity contribution in [3.63, 3.8) is 0 Å². The third-order valence-electron chi connectivity index (χ3n) is 2.98. The Morgan fingerprint density at radius 2 is 2.15 bits per heavy atom. The van der Waals surface area contributed by atoms with Crippen LogP contribution in [0.5, 0.6) is 0 Å². The van der Waals surface area contributed by atoms with Crippen LogP contribution in [0.15, 0.2) is 30.5 Å². The Balaban J connectivity index is 2.08. The number of aromatic nitrogens is 1. The number of aromatic amines is 1. The minimum absolute atomic E-state index is 0.0328. The third-order valence-corrected chi connectivity index (χ3v) is 2.98. The molecule has 1 atom stereocenters. The molecular formula is C15H14N2O3. The fraction of sp³-hybridized carbons (Fsp3) is 0.200. The number of rotatable bonds is 5. The van der Waals surface area contributed by atoms with Gasteiger partial charge >= 0.3 is 5.97 Å². The highest BCUT2D eigenvalue weighted by Crippen LogP contribution is 2.17. The second-order valence-corrected chi connectivity index (χ2v) is 4.40. The number of nitrogens with one attached hydrogen (secondary N) is 2. The summed E-state index contributed by atoms with van der Waals surface area (Å²) in [5.41, 5.74) is 1.76. The van der Waals surface area contributed by atoms with Gasteiger partial charge in [-0.3, -0.25) is 4.79 Å². The highest BCUT2D eigenvalue weighted by Gasteiger charge is 2.19. The average Bonchev–Trinajstić information content (AvgIpc) is 2.81. The molecule has 102 valence electrons. The van der Waals surface area contributed by atoms with Crippen LogP contribution < -0.4 is 5.32 Å². The zero-order valence-electron chi connectivity index (χ0n) is 10.7. The van der Waals surface area contributed by atoms with Gasteiger partial charge in [-0.15, -0.1) is 12.3 Å². The summed E-state index contributed by atoms with van der Waals surface area (Å²) in [5, 5.41) is 12.3. The van der Waals surface area contributed by atoms with Gasteiger partial charge < -0.3 is 15.4 Å². The van der Waals surface area contributed by atoms with Crippen molar-refractivity contribution < 1.29 is 14.7 Å². The van der Waals surface area contributed by atoms with Gasteiger partial charge in [-0.1, -0.05) is 18.2 Å². The summed E-state index contributed by atoms with van der Waals surface area (Å²) in [6.07, 6.45) is 6.91. The first kappa shape index (κ1) is 13.7. The molecule has 0 aliphatic rings. The minimum Gasteiger partial charge on any atom is -0.480 e. The molecule has 20 heavy (non-hydrogen) atoms. The molecule has 2 aromatic rings. The van der Waals surface area contributed by atoms with E-state index in [2.05, 4.69) is 16.2 Å². The number of carboxylic acids is 1. The number of carbonyl (C=O) groups is 2. The number of para-hydroxylation sites is 1. The summed E-state index contributed by atoms with van der Waals surface area (Å²) in [6.45, 7) is 0. The number of aliphatic carboxylic acids is 1. The van der Waals surface area contributed by atoms with Gasteiger partial charge in [0.25, 0.3) is 0 Å². The lowest BCUT2D eigenvalue weighted by Gasteiger charge is -2.11. The Morgan fingerprint density at radius 1 is 1.40 bits per heavy atom. The zero-order valence-corrected chi connectivity index (χ0v) is 10.7. The van der Waals surface area contributed by atoms with Crippen LogP contribution in [-0.4, -0.2) is 28.0 Å². The first-order chi connectivity index (χ1) is 9.61. The Morgan fingerprint density at radius 3 is 2.85 bits per heavy atom. The van der Waals surface area contributed by atoms with Crippen LogP contribution in [0.1, 0.15) is 12.0 Å². The molecule has 0 aliphatic heterocycles. The van der Waals surface area contributed by atoms with E-state index < -0.39 is 12.0 Å². The lowest BCUT2D eigenvalue weighted by Crippen LogP contribution is -2.41. The molecule has 0 fully saturated rings. The summed E-state index contributed by atoms with van der Waals surface area (Å²) >= 11 is 0. The predicted octanol–water partition coefficient (Wildman–Crippen LogP) is 1.30. The van der Waals surface area contributed by atoms with Crippen molar-refractivity contribution in [1.29, 1.82) is 0 Å². The van der Waals surface area contributed by atoms with Gasteiger partial charge in [0, 0.05) is 23.5 Å². The van der Waals surface area contributed by atoms with E-state index in [1.807, 2.05) is 24.3 Å². The smallest absolute Gasteiger partial charge is 0.327 e. The SMILES string of the molecule is C#CCC(NC(=O)Cc1c[nH]c2ccccc12)C(=O)O. The van der Waals surface area contributed by atoms with Gasteiger partial charge in [0.05, 0.1) is 6.42 Å². The molecule has 1 unspecified atom stereocenters. The van der Waals surface area contributed by atoms with E-state index in [1.165, 1.54) is 0 Å². The number of H-pyrrole nitrogens is 1. The number of amides is 1. The van der Waals surface area contributed by atoms with E-state index in [4.69, 9.17) is 11.5 Å². The van der Waals surface area contributed by atoms with Gasteiger partial charge in [0.1, 0.15) is 6.04 Å². The average molecular weight is 270 g/mol. The maximum absolute atomic E-state index is 11.9. The molecule has 0 spiro atoms. The molecule has 1 amide bonds. The molecule has 5 heteroatoms. The Hall–Kier alpha value is -2.74. The normalized spacial score (nSPS) is 11.8. The predicted molar refractivity (Wildman–Crippen MR) is 75.0 cm³/mol. The van der Waals surface area contributed by atoms with E-state index in [1.54, 1.807) is 6.20 Å². The Kier molecular flexibility index (Phi) is 4.06. The van der Waals surface area contributed by atoms with Gasteiger partial charge in [-0.05, 0) is 11.6 Å². The van der Waals surface area contributed by atoms with E-state index in [0.29, 0.717) is 0 Å². The molecule has 3 N–H and O–H groups in total. The second kappa shape index (κ2) is 5.93. The van der Waals surface area contributed by atoms with Crippen molar-refractivity contribution in [3.8, 4) is 12.3 Å². The molecule has 0 radical (unpaired) electrons. The molecule has 1 heterocycles. The zero-order chi connectivity index (χ0) is 14.5. The highest BCUT2D eigenvalue weighted by atomic mass is 16.4. The Labute approximate surface area is 116 Å². The van der Waals surface area contributed by atoms with E-state index in [0.717, 1.165) is 16.5 Å². The molecule has 1 aromatic carbocycles. The number of hydrogen-bond acceptors (Lipinski definition) is 2. The number of benzene rings is 1. The molecular weight excluding hydrogens is 256 g/mol. The van der Waals surface area contributed by atoms with Gasteiger partial charge in [-0.2, -0.15) is 0 Å². The fourth-order valence-corrected chi connectivity index (χ4v) is 2.01. The standard InChI is InChI=1S/C15H14N2O3/c1-2-5-13(15(19)20)17-14(18)8-10-9-16-12-7-4-3-6-11(10)12/h1,3-4,6-7,9,13,16H,5,8H2,(H,17,18)(H,19,20).